The summed E-state index contributed by atoms with van der Waals surface area (Å²) in [6.45, 7) is 1.84. The van der Waals surface area contributed by atoms with Crippen LogP contribution >= 0.6 is 15.9 Å². The third kappa shape index (κ3) is 3.28. The first kappa shape index (κ1) is 15.2. The molecule has 0 aromatic heterocycles. The Balaban J connectivity index is 2.33. The van der Waals surface area contributed by atoms with Crippen LogP contribution in [-0.2, 0) is 0 Å². The summed E-state index contributed by atoms with van der Waals surface area (Å²) < 4.78 is 14.3. The van der Waals surface area contributed by atoms with Gasteiger partial charge in [0, 0.05) is 10.0 Å². The predicted octanol–water partition coefficient (Wildman–Crippen LogP) is 3.25. The molecule has 0 fully saturated rings. The van der Waals surface area contributed by atoms with Crippen LogP contribution in [0, 0.1) is 12.7 Å². The van der Waals surface area contributed by atoms with Gasteiger partial charge in [-0.2, -0.15) is 0 Å². The minimum Gasteiger partial charge on any atom is -0.366 e. The molecule has 2 aromatic rings. The first-order valence-electron chi connectivity index (χ1n) is 6.06. The highest BCUT2D eigenvalue weighted by molar-refractivity contribution is 9.10. The van der Waals surface area contributed by atoms with Crippen LogP contribution in [0.2, 0.25) is 0 Å². The Morgan fingerprint density at radius 2 is 1.95 bits per heavy atom. The SMILES string of the molecule is Cc1cccc(C(=O)Nc2cc(C(N)=O)ccc2F)c1Br. The highest BCUT2D eigenvalue weighted by Crippen LogP contribution is 2.23. The van der Waals surface area contributed by atoms with Crippen molar-refractivity contribution in [3.8, 4) is 0 Å². The van der Waals surface area contributed by atoms with Crippen molar-refractivity contribution >= 4 is 33.4 Å². The summed E-state index contributed by atoms with van der Waals surface area (Å²) in [5.41, 5.74) is 6.42. The lowest BCUT2D eigenvalue weighted by atomic mass is 10.1. The molecule has 2 rings (SSSR count). The average Bonchev–Trinajstić information content (AvgIpc) is 2.43. The first-order valence-corrected chi connectivity index (χ1v) is 6.85. The highest BCUT2D eigenvalue weighted by atomic mass is 79.9. The molecule has 0 radical (unpaired) electrons. The van der Waals surface area contributed by atoms with E-state index in [2.05, 4.69) is 21.2 Å². The molecule has 21 heavy (non-hydrogen) atoms. The Labute approximate surface area is 129 Å². The van der Waals surface area contributed by atoms with Crippen LogP contribution in [0.25, 0.3) is 0 Å². The quantitative estimate of drug-likeness (QED) is 0.891. The molecule has 0 atom stereocenters. The van der Waals surface area contributed by atoms with Crippen molar-refractivity contribution in [2.45, 2.75) is 6.92 Å². The van der Waals surface area contributed by atoms with Gasteiger partial charge in [-0.15, -0.1) is 0 Å². The maximum absolute atomic E-state index is 13.7. The van der Waals surface area contributed by atoms with Gasteiger partial charge < -0.3 is 11.1 Å². The molecule has 0 bridgehead atoms. The number of nitrogens with one attached hydrogen (secondary N) is 1. The van der Waals surface area contributed by atoms with Crippen molar-refractivity contribution in [3.63, 3.8) is 0 Å². The van der Waals surface area contributed by atoms with E-state index in [1.807, 2.05) is 13.0 Å². The van der Waals surface area contributed by atoms with Crippen LogP contribution in [0.3, 0.4) is 0 Å². The molecule has 3 N–H and O–H groups in total. The fourth-order valence-electron chi connectivity index (χ4n) is 1.79. The number of hydrogen-bond donors (Lipinski definition) is 2. The van der Waals surface area contributed by atoms with Crippen molar-refractivity contribution in [3.05, 3.63) is 63.4 Å². The van der Waals surface area contributed by atoms with Gasteiger partial charge in [0.2, 0.25) is 5.91 Å². The van der Waals surface area contributed by atoms with Crippen molar-refractivity contribution in [1.82, 2.24) is 0 Å². The molecule has 0 aliphatic rings. The van der Waals surface area contributed by atoms with E-state index in [-0.39, 0.29) is 11.3 Å². The van der Waals surface area contributed by atoms with Gasteiger partial charge in [-0.3, -0.25) is 9.59 Å². The zero-order chi connectivity index (χ0) is 15.6. The number of amides is 2. The molecule has 0 heterocycles. The van der Waals surface area contributed by atoms with Gasteiger partial charge in [0.25, 0.3) is 5.91 Å². The topological polar surface area (TPSA) is 72.2 Å². The number of halogens is 2. The highest BCUT2D eigenvalue weighted by Gasteiger charge is 2.14. The van der Waals surface area contributed by atoms with Gasteiger partial charge in [0.1, 0.15) is 5.82 Å². The number of rotatable bonds is 3. The van der Waals surface area contributed by atoms with Crippen LogP contribution in [0.15, 0.2) is 40.9 Å². The van der Waals surface area contributed by atoms with E-state index in [1.165, 1.54) is 12.1 Å². The molecule has 6 heteroatoms. The van der Waals surface area contributed by atoms with E-state index < -0.39 is 17.6 Å². The largest absolute Gasteiger partial charge is 0.366 e. The molecule has 0 unspecified atom stereocenters. The fourth-order valence-corrected chi connectivity index (χ4v) is 2.23. The maximum atomic E-state index is 13.7. The first-order chi connectivity index (χ1) is 9.90. The van der Waals surface area contributed by atoms with Gasteiger partial charge in [0.15, 0.2) is 0 Å². The van der Waals surface area contributed by atoms with Crippen molar-refractivity contribution in [2.75, 3.05) is 5.32 Å². The number of primary amides is 1. The third-order valence-electron chi connectivity index (χ3n) is 2.94. The van der Waals surface area contributed by atoms with Crippen LogP contribution in [0.5, 0.6) is 0 Å². The molecule has 2 aromatic carbocycles. The minimum atomic E-state index is -0.692. The Morgan fingerprint density at radius 1 is 1.24 bits per heavy atom. The zero-order valence-corrected chi connectivity index (χ0v) is 12.7. The number of benzene rings is 2. The molecule has 0 spiro atoms. The lowest BCUT2D eigenvalue weighted by Crippen LogP contribution is -2.16. The Hall–Kier alpha value is -2.21. The van der Waals surface area contributed by atoms with Gasteiger partial charge in [-0.1, -0.05) is 12.1 Å². The number of anilines is 1. The number of aryl methyl sites for hydroxylation is 1. The number of carbonyl (C=O) groups is 2. The normalized spacial score (nSPS) is 10.2. The lowest BCUT2D eigenvalue weighted by Gasteiger charge is -2.10. The van der Waals surface area contributed by atoms with Gasteiger partial charge >= 0.3 is 0 Å². The van der Waals surface area contributed by atoms with E-state index in [4.69, 9.17) is 5.73 Å². The molecule has 0 aliphatic heterocycles. The summed E-state index contributed by atoms with van der Waals surface area (Å²) in [6.07, 6.45) is 0. The molecular weight excluding hydrogens is 339 g/mol. The van der Waals surface area contributed by atoms with E-state index in [1.54, 1.807) is 12.1 Å². The van der Waals surface area contributed by atoms with Crippen LogP contribution in [0.4, 0.5) is 10.1 Å². The Bertz CT molecular complexity index is 732. The zero-order valence-electron chi connectivity index (χ0n) is 11.1. The summed E-state index contributed by atoms with van der Waals surface area (Å²) in [5, 5.41) is 2.44. The summed E-state index contributed by atoms with van der Waals surface area (Å²) >= 11 is 3.32. The monoisotopic (exact) mass is 350 g/mol. The van der Waals surface area contributed by atoms with Gasteiger partial charge in [0.05, 0.1) is 11.3 Å². The molecule has 2 amide bonds. The second-order valence-corrected chi connectivity index (χ2v) is 5.24. The summed E-state index contributed by atoms with van der Waals surface area (Å²) in [5.74, 6) is -1.81. The van der Waals surface area contributed by atoms with Crippen molar-refractivity contribution in [1.29, 1.82) is 0 Å². The molecule has 0 aliphatic carbocycles. The predicted molar refractivity (Wildman–Crippen MR) is 81.8 cm³/mol. The molecule has 0 saturated heterocycles. The molecule has 108 valence electrons. The van der Waals surface area contributed by atoms with Gasteiger partial charge in [-0.05, 0) is 52.7 Å². The van der Waals surface area contributed by atoms with Crippen molar-refractivity contribution in [2.24, 2.45) is 5.73 Å². The number of hydrogen-bond acceptors (Lipinski definition) is 2. The summed E-state index contributed by atoms with van der Waals surface area (Å²) in [6, 6.07) is 8.73. The lowest BCUT2D eigenvalue weighted by molar-refractivity contribution is 0.0996. The van der Waals surface area contributed by atoms with Crippen LogP contribution in [-0.4, -0.2) is 11.8 Å². The summed E-state index contributed by atoms with van der Waals surface area (Å²) in [4.78, 5) is 23.3. The number of carbonyl (C=O) groups excluding carboxylic acids is 2. The Morgan fingerprint density at radius 3 is 2.62 bits per heavy atom. The molecular formula is C15H12BrFN2O2. The van der Waals surface area contributed by atoms with E-state index in [0.29, 0.717) is 10.0 Å². The Kier molecular flexibility index (Phi) is 4.37. The smallest absolute Gasteiger partial charge is 0.256 e. The van der Waals surface area contributed by atoms with Crippen LogP contribution in [0.1, 0.15) is 26.3 Å². The van der Waals surface area contributed by atoms with Crippen LogP contribution < -0.4 is 11.1 Å². The second kappa shape index (κ2) is 6.05. The average molecular weight is 351 g/mol. The van der Waals surface area contributed by atoms with E-state index in [0.717, 1.165) is 11.6 Å². The third-order valence-corrected chi connectivity index (χ3v) is 3.99. The summed E-state index contributed by atoms with van der Waals surface area (Å²) in [7, 11) is 0. The molecule has 4 nitrogen and oxygen atoms in total. The van der Waals surface area contributed by atoms with Crippen molar-refractivity contribution < 1.29 is 14.0 Å². The standard InChI is InChI=1S/C15H12BrFN2O2/c1-8-3-2-4-10(13(8)16)15(21)19-12-7-9(14(18)20)5-6-11(12)17/h2-7H,1H3,(H2,18,20)(H,19,21). The van der Waals surface area contributed by atoms with E-state index >= 15 is 0 Å². The fraction of sp³-hybridized carbons (Fsp3) is 0.0667. The maximum Gasteiger partial charge on any atom is 0.256 e. The molecule has 0 saturated carbocycles. The number of nitrogens with two attached hydrogens (primary N) is 1. The second-order valence-electron chi connectivity index (χ2n) is 4.45. The van der Waals surface area contributed by atoms with Gasteiger partial charge in [-0.25, -0.2) is 4.39 Å². The van der Waals surface area contributed by atoms with E-state index in [9.17, 15) is 14.0 Å². The minimum absolute atomic E-state index is 0.0929.